The summed E-state index contributed by atoms with van der Waals surface area (Å²) in [5, 5.41) is 0. The SMILES string of the molecule is COc1ccc(C2(CCC(C)=O)COC2)cc1C. The Morgan fingerprint density at radius 1 is 1.44 bits per heavy atom. The maximum Gasteiger partial charge on any atom is 0.129 e. The number of carbonyl (C=O) groups is 1. The van der Waals surface area contributed by atoms with E-state index in [4.69, 9.17) is 9.47 Å². The molecule has 0 unspecified atom stereocenters. The third-order valence-electron chi connectivity index (χ3n) is 3.72. The summed E-state index contributed by atoms with van der Waals surface area (Å²) in [5.74, 6) is 1.15. The molecule has 0 aromatic heterocycles. The maximum absolute atomic E-state index is 11.2. The monoisotopic (exact) mass is 248 g/mol. The fourth-order valence-corrected chi connectivity index (χ4v) is 2.43. The zero-order valence-corrected chi connectivity index (χ0v) is 11.3. The Morgan fingerprint density at radius 3 is 2.61 bits per heavy atom. The number of carbonyl (C=O) groups excluding carboxylic acids is 1. The van der Waals surface area contributed by atoms with Crippen molar-refractivity contribution < 1.29 is 14.3 Å². The average Bonchev–Trinajstić information content (AvgIpc) is 2.27. The molecule has 1 saturated heterocycles. The summed E-state index contributed by atoms with van der Waals surface area (Å²) in [6.45, 7) is 5.12. The van der Waals surface area contributed by atoms with Crippen molar-refractivity contribution in [2.75, 3.05) is 20.3 Å². The normalized spacial score (nSPS) is 17.1. The van der Waals surface area contributed by atoms with Gasteiger partial charge in [0.2, 0.25) is 0 Å². The van der Waals surface area contributed by atoms with Gasteiger partial charge in [0, 0.05) is 11.8 Å². The van der Waals surface area contributed by atoms with Gasteiger partial charge < -0.3 is 14.3 Å². The van der Waals surface area contributed by atoms with Gasteiger partial charge in [-0.2, -0.15) is 0 Å². The molecule has 3 heteroatoms. The molecule has 0 N–H and O–H groups in total. The molecule has 1 aromatic rings. The summed E-state index contributed by atoms with van der Waals surface area (Å²) in [6.07, 6.45) is 1.49. The van der Waals surface area contributed by atoms with Gasteiger partial charge >= 0.3 is 0 Å². The molecule has 1 aromatic carbocycles. The van der Waals surface area contributed by atoms with E-state index in [-0.39, 0.29) is 11.2 Å². The molecule has 0 aliphatic carbocycles. The number of benzene rings is 1. The van der Waals surface area contributed by atoms with Crippen molar-refractivity contribution in [2.24, 2.45) is 0 Å². The summed E-state index contributed by atoms with van der Waals surface area (Å²) >= 11 is 0. The fourth-order valence-electron chi connectivity index (χ4n) is 2.43. The molecule has 1 aliphatic rings. The van der Waals surface area contributed by atoms with Gasteiger partial charge in [-0.15, -0.1) is 0 Å². The molecular formula is C15H20O3. The number of rotatable bonds is 5. The van der Waals surface area contributed by atoms with E-state index in [1.165, 1.54) is 5.56 Å². The third-order valence-corrected chi connectivity index (χ3v) is 3.72. The first-order valence-corrected chi connectivity index (χ1v) is 6.30. The van der Waals surface area contributed by atoms with Gasteiger partial charge in [0.05, 0.1) is 20.3 Å². The van der Waals surface area contributed by atoms with Crippen molar-refractivity contribution in [3.8, 4) is 5.75 Å². The molecular weight excluding hydrogens is 228 g/mol. The Kier molecular flexibility index (Phi) is 3.71. The minimum atomic E-state index is 0.0305. The van der Waals surface area contributed by atoms with Crippen LogP contribution >= 0.6 is 0 Å². The van der Waals surface area contributed by atoms with Gasteiger partial charge in [-0.05, 0) is 37.5 Å². The van der Waals surface area contributed by atoms with Gasteiger partial charge in [0.1, 0.15) is 11.5 Å². The standard InChI is InChI=1S/C15H20O3/c1-11-8-13(4-5-14(11)17-3)15(9-18-10-15)7-6-12(2)16/h4-5,8H,6-7,9-10H2,1-3H3. The minimum Gasteiger partial charge on any atom is -0.496 e. The van der Waals surface area contributed by atoms with Crippen LogP contribution in [0.3, 0.4) is 0 Å². The third kappa shape index (κ3) is 2.41. The molecule has 0 spiro atoms. The quantitative estimate of drug-likeness (QED) is 0.803. The first-order valence-electron chi connectivity index (χ1n) is 6.30. The van der Waals surface area contributed by atoms with Crippen LogP contribution in [0.4, 0.5) is 0 Å². The highest BCUT2D eigenvalue weighted by molar-refractivity contribution is 5.75. The van der Waals surface area contributed by atoms with Crippen molar-refractivity contribution in [3.05, 3.63) is 29.3 Å². The van der Waals surface area contributed by atoms with Crippen LogP contribution in [-0.4, -0.2) is 26.1 Å². The van der Waals surface area contributed by atoms with Crippen LogP contribution in [0, 0.1) is 6.92 Å². The molecule has 0 amide bonds. The summed E-state index contributed by atoms with van der Waals surface area (Å²) in [6, 6.07) is 6.24. The Morgan fingerprint density at radius 2 is 2.17 bits per heavy atom. The van der Waals surface area contributed by atoms with E-state index >= 15 is 0 Å². The molecule has 98 valence electrons. The van der Waals surface area contributed by atoms with Gasteiger partial charge in [0.25, 0.3) is 0 Å². The van der Waals surface area contributed by atoms with E-state index < -0.39 is 0 Å². The molecule has 1 heterocycles. The number of ketones is 1. The van der Waals surface area contributed by atoms with Crippen molar-refractivity contribution in [1.82, 2.24) is 0 Å². The molecule has 1 aliphatic heterocycles. The first kappa shape index (κ1) is 13.1. The van der Waals surface area contributed by atoms with Gasteiger partial charge in [-0.25, -0.2) is 0 Å². The second-order valence-corrected chi connectivity index (χ2v) is 5.16. The molecule has 1 fully saturated rings. The highest BCUT2D eigenvalue weighted by atomic mass is 16.5. The summed E-state index contributed by atoms with van der Waals surface area (Å²) in [4.78, 5) is 11.2. The van der Waals surface area contributed by atoms with Crippen molar-refractivity contribution in [2.45, 2.75) is 32.1 Å². The van der Waals surface area contributed by atoms with Crippen molar-refractivity contribution in [1.29, 1.82) is 0 Å². The Balaban J connectivity index is 2.22. The second-order valence-electron chi connectivity index (χ2n) is 5.16. The zero-order chi connectivity index (χ0) is 13.2. The topological polar surface area (TPSA) is 35.5 Å². The van der Waals surface area contributed by atoms with Gasteiger partial charge in [-0.1, -0.05) is 12.1 Å². The molecule has 0 saturated carbocycles. The second kappa shape index (κ2) is 5.11. The number of Topliss-reactive ketones (excluding diaryl/α,β-unsaturated/α-hetero) is 1. The van der Waals surface area contributed by atoms with Crippen LogP contribution in [0.25, 0.3) is 0 Å². The lowest BCUT2D eigenvalue weighted by atomic mass is 9.74. The average molecular weight is 248 g/mol. The highest BCUT2D eigenvalue weighted by Gasteiger charge is 2.40. The summed E-state index contributed by atoms with van der Waals surface area (Å²) in [5.41, 5.74) is 2.42. The Labute approximate surface area is 108 Å². The number of hydrogen-bond donors (Lipinski definition) is 0. The molecule has 0 bridgehead atoms. The highest BCUT2D eigenvalue weighted by Crippen LogP contribution is 2.38. The van der Waals surface area contributed by atoms with Crippen LogP contribution < -0.4 is 4.74 Å². The van der Waals surface area contributed by atoms with E-state index in [1.54, 1.807) is 14.0 Å². The smallest absolute Gasteiger partial charge is 0.129 e. The van der Waals surface area contributed by atoms with Crippen LogP contribution in [0.5, 0.6) is 5.75 Å². The maximum atomic E-state index is 11.2. The van der Waals surface area contributed by atoms with Crippen LogP contribution in [0.2, 0.25) is 0 Å². The van der Waals surface area contributed by atoms with Crippen molar-refractivity contribution >= 4 is 5.78 Å². The number of aryl methyl sites for hydroxylation is 1. The molecule has 0 atom stereocenters. The van der Waals surface area contributed by atoms with E-state index in [0.717, 1.165) is 17.7 Å². The molecule has 3 nitrogen and oxygen atoms in total. The first-order chi connectivity index (χ1) is 8.57. The summed E-state index contributed by atoms with van der Waals surface area (Å²) in [7, 11) is 1.68. The fraction of sp³-hybridized carbons (Fsp3) is 0.533. The van der Waals surface area contributed by atoms with Crippen LogP contribution in [-0.2, 0) is 14.9 Å². The van der Waals surface area contributed by atoms with E-state index in [1.807, 2.05) is 13.0 Å². The number of methoxy groups -OCH3 is 1. The lowest BCUT2D eigenvalue weighted by Gasteiger charge is -2.42. The number of hydrogen-bond acceptors (Lipinski definition) is 3. The molecule has 0 radical (unpaired) electrons. The van der Waals surface area contributed by atoms with Crippen LogP contribution in [0.15, 0.2) is 18.2 Å². The van der Waals surface area contributed by atoms with Crippen LogP contribution in [0.1, 0.15) is 30.9 Å². The zero-order valence-electron chi connectivity index (χ0n) is 11.3. The van der Waals surface area contributed by atoms with E-state index in [0.29, 0.717) is 19.6 Å². The largest absolute Gasteiger partial charge is 0.496 e. The van der Waals surface area contributed by atoms with Gasteiger partial charge in [0.15, 0.2) is 0 Å². The van der Waals surface area contributed by atoms with Crippen molar-refractivity contribution in [3.63, 3.8) is 0 Å². The lowest BCUT2D eigenvalue weighted by Crippen LogP contribution is -2.47. The van der Waals surface area contributed by atoms with E-state index in [2.05, 4.69) is 12.1 Å². The lowest BCUT2D eigenvalue weighted by molar-refractivity contribution is -0.119. The predicted octanol–water partition coefficient (Wildman–Crippen LogP) is 2.64. The molecule has 18 heavy (non-hydrogen) atoms. The Hall–Kier alpha value is -1.35. The minimum absolute atomic E-state index is 0.0305. The predicted molar refractivity (Wildman–Crippen MR) is 70.1 cm³/mol. The van der Waals surface area contributed by atoms with E-state index in [9.17, 15) is 4.79 Å². The van der Waals surface area contributed by atoms with Gasteiger partial charge in [-0.3, -0.25) is 0 Å². The number of ether oxygens (including phenoxy) is 2. The Bertz CT molecular complexity index is 447. The summed E-state index contributed by atoms with van der Waals surface area (Å²) < 4.78 is 10.7. The molecule has 2 rings (SSSR count).